The molecule has 0 atom stereocenters. The number of aromatic nitrogens is 1. The minimum Gasteiger partial charge on any atom is -0.478 e. The predicted octanol–water partition coefficient (Wildman–Crippen LogP) is 2.26. The first-order chi connectivity index (χ1) is 8.16. The predicted molar refractivity (Wildman–Crippen MR) is 62.9 cm³/mol. The summed E-state index contributed by atoms with van der Waals surface area (Å²) in [5.41, 5.74) is 6.91. The SMILES string of the molecule is Nc1cc2c(cc1C(=O)O)oc1ncccc12. The Morgan fingerprint density at radius 3 is 2.94 bits per heavy atom. The van der Waals surface area contributed by atoms with Gasteiger partial charge in [-0.25, -0.2) is 9.78 Å². The molecule has 0 aliphatic heterocycles. The van der Waals surface area contributed by atoms with Gasteiger partial charge in [-0.15, -0.1) is 0 Å². The van der Waals surface area contributed by atoms with E-state index in [1.165, 1.54) is 6.07 Å². The summed E-state index contributed by atoms with van der Waals surface area (Å²) in [5, 5.41) is 10.6. The molecule has 0 amide bonds. The van der Waals surface area contributed by atoms with Crippen molar-refractivity contribution in [1.82, 2.24) is 4.98 Å². The van der Waals surface area contributed by atoms with Gasteiger partial charge in [-0.05, 0) is 24.3 Å². The van der Waals surface area contributed by atoms with Crippen LogP contribution in [0.25, 0.3) is 22.1 Å². The van der Waals surface area contributed by atoms with E-state index < -0.39 is 5.97 Å². The standard InChI is InChI=1S/C12H8N2O3/c13-9-4-7-6-2-1-3-14-11(6)17-10(7)5-8(9)12(15)16/h1-5H,13H2,(H,15,16). The normalized spacial score (nSPS) is 11.1. The first kappa shape index (κ1) is 9.65. The molecule has 0 saturated heterocycles. The van der Waals surface area contributed by atoms with Crippen LogP contribution in [0.4, 0.5) is 5.69 Å². The molecule has 84 valence electrons. The number of carboxylic acids is 1. The Kier molecular flexibility index (Phi) is 1.82. The number of furan rings is 1. The molecule has 1 aromatic carbocycles. The summed E-state index contributed by atoms with van der Waals surface area (Å²) < 4.78 is 5.47. The van der Waals surface area contributed by atoms with Crippen LogP contribution in [-0.4, -0.2) is 16.1 Å². The monoisotopic (exact) mass is 228 g/mol. The topological polar surface area (TPSA) is 89.4 Å². The fourth-order valence-corrected chi connectivity index (χ4v) is 1.86. The third kappa shape index (κ3) is 1.32. The molecule has 17 heavy (non-hydrogen) atoms. The number of hydrogen-bond acceptors (Lipinski definition) is 4. The van der Waals surface area contributed by atoms with E-state index in [0.29, 0.717) is 11.3 Å². The lowest BCUT2D eigenvalue weighted by Crippen LogP contribution is -2.01. The second-order valence-electron chi connectivity index (χ2n) is 3.70. The van der Waals surface area contributed by atoms with Crippen LogP contribution in [0.2, 0.25) is 0 Å². The smallest absolute Gasteiger partial charge is 0.337 e. The molecule has 0 bridgehead atoms. The molecule has 3 N–H and O–H groups in total. The molecule has 3 aromatic rings. The number of carbonyl (C=O) groups is 1. The van der Waals surface area contributed by atoms with Gasteiger partial charge in [0.15, 0.2) is 0 Å². The number of hydrogen-bond donors (Lipinski definition) is 2. The summed E-state index contributed by atoms with van der Waals surface area (Å²) in [5.74, 6) is -1.07. The number of carboxylic acid groups (broad SMARTS) is 1. The summed E-state index contributed by atoms with van der Waals surface area (Å²) in [7, 11) is 0. The number of anilines is 1. The van der Waals surface area contributed by atoms with Crippen molar-refractivity contribution in [1.29, 1.82) is 0 Å². The van der Waals surface area contributed by atoms with Crippen LogP contribution >= 0.6 is 0 Å². The van der Waals surface area contributed by atoms with Crippen molar-refractivity contribution >= 4 is 33.7 Å². The first-order valence-corrected chi connectivity index (χ1v) is 4.97. The summed E-state index contributed by atoms with van der Waals surface area (Å²) in [6.45, 7) is 0. The Morgan fingerprint density at radius 1 is 1.35 bits per heavy atom. The van der Waals surface area contributed by atoms with Crippen molar-refractivity contribution in [2.24, 2.45) is 0 Å². The highest BCUT2D eigenvalue weighted by molar-refractivity contribution is 6.08. The van der Waals surface area contributed by atoms with Crippen LogP contribution in [0.1, 0.15) is 10.4 Å². The van der Waals surface area contributed by atoms with Gasteiger partial charge in [0.2, 0.25) is 5.71 Å². The Balaban J connectivity index is 2.46. The molecule has 0 unspecified atom stereocenters. The second kappa shape index (κ2) is 3.21. The van der Waals surface area contributed by atoms with Crippen LogP contribution in [0.15, 0.2) is 34.9 Å². The molecule has 2 heterocycles. The fourth-order valence-electron chi connectivity index (χ4n) is 1.86. The maximum Gasteiger partial charge on any atom is 0.337 e. The number of rotatable bonds is 1. The molecule has 0 fully saturated rings. The summed E-state index contributed by atoms with van der Waals surface area (Å²) in [6, 6.07) is 6.67. The molecule has 5 nitrogen and oxygen atoms in total. The third-order valence-corrected chi connectivity index (χ3v) is 2.65. The molecule has 0 saturated carbocycles. The first-order valence-electron chi connectivity index (χ1n) is 4.97. The van der Waals surface area contributed by atoms with E-state index >= 15 is 0 Å². The minimum absolute atomic E-state index is 0.0385. The van der Waals surface area contributed by atoms with Crippen molar-refractivity contribution in [3.8, 4) is 0 Å². The van der Waals surface area contributed by atoms with E-state index in [9.17, 15) is 4.79 Å². The second-order valence-corrected chi connectivity index (χ2v) is 3.70. The van der Waals surface area contributed by atoms with Crippen molar-refractivity contribution in [2.75, 3.05) is 5.73 Å². The van der Waals surface area contributed by atoms with Crippen LogP contribution in [0.3, 0.4) is 0 Å². The van der Waals surface area contributed by atoms with Gasteiger partial charge in [0.05, 0.1) is 5.56 Å². The number of aromatic carboxylic acids is 1. The number of nitrogens with two attached hydrogens (primary N) is 1. The lowest BCUT2D eigenvalue weighted by molar-refractivity contribution is 0.0698. The van der Waals surface area contributed by atoms with Crippen LogP contribution in [-0.2, 0) is 0 Å². The van der Waals surface area contributed by atoms with Crippen molar-refractivity contribution in [2.45, 2.75) is 0 Å². The van der Waals surface area contributed by atoms with E-state index in [-0.39, 0.29) is 11.3 Å². The molecule has 0 aliphatic carbocycles. The zero-order valence-electron chi connectivity index (χ0n) is 8.68. The zero-order valence-corrected chi connectivity index (χ0v) is 8.68. The van der Waals surface area contributed by atoms with Crippen molar-refractivity contribution in [3.63, 3.8) is 0 Å². The number of benzene rings is 1. The Morgan fingerprint density at radius 2 is 2.18 bits per heavy atom. The number of nitrogens with zero attached hydrogens (tertiary/aromatic N) is 1. The van der Waals surface area contributed by atoms with Gasteiger partial charge in [0.1, 0.15) is 5.58 Å². The molecule has 0 radical (unpaired) electrons. The van der Waals surface area contributed by atoms with Gasteiger partial charge in [0.25, 0.3) is 0 Å². The molecule has 3 rings (SSSR count). The highest BCUT2D eigenvalue weighted by atomic mass is 16.4. The van der Waals surface area contributed by atoms with E-state index in [0.717, 1.165) is 10.8 Å². The highest BCUT2D eigenvalue weighted by Gasteiger charge is 2.14. The lowest BCUT2D eigenvalue weighted by Gasteiger charge is -1.99. The van der Waals surface area contributed by atoms with Gasteiger partial charge in [-0.2, -0.15) is 0 Å². The summed E-state index contributed by atoms with van der Waals surface area (Å²) >= 11 is 0. The minimum atomic E-state index is -1.07. The Bertz CT molecular complexity index is 746. The maximum absolute atomic E-state index is 10.9. The van der Waals surface area contributed by atoms with Gasteiger partial charge >= 0.3 is 5.97 Å². The molecular weight excluding hydrogens is 220 g/mol. The molecule has 5 heteroatoms. The van der Waals surface area contributed by atoms with E-state index in [2.05, 4.69) is 4.98 Å². The van der Waals surface area contributed by atoms with E-state index in [1.54, 1.807) is 18.3 Å². The molecule has 2 aromatic heterocycles. The highest BCUT2D eigenvalue weighted by Crippen LogP contribution is 2.30. The van der Waals surface area contributed by atoms with Gasteiger partial charge < -0.3 is 15.3 Å². The van der Waals surface area contributed by atoms with Crippen LogP contribution in [0, 0.1) is 0 Å². The third-order valence-electron chi connectivity index (χ3n) is 2.65. The van der Waals surface area contributed by atoms with E-state index in [4.69, 9.17) is 15.3 Å². The quantitative estimate of drug-likeness (QED) is 0.623. The largest absolute Gasteiger partial charge is 0.478 e. The fraction of sp³-hybridized carbons (Fsp3) is 0. The van der Waals surface area contributed by atoms with Crippen LogP contribution < -0.4 is 5.73 Å². The lowest BCUT2D eigenvalue weighted by atomic mass is 10.1. The number of pyridine rings is 1. The summed E-state index contributed by atoms with van der Waals surface area (Å²) in [6.07, 6.45) is 1.62. The van der Waals surface area contributed by atoms with Gasteiger partial charge in [0, 0.05) is 22.7 Å². The van der Waals surface area contributed by atoms with Gasteiger partial charge in [-0.1, -0.05) is 0 Å². The van der Waals surface area contributed by atoms with Gasteiger partial charge in [-0.3, -0.25) is 0 Å². The van der Waals surface area contributed by atoms with Crippen molar-refractivity contribution in [3.05, 3.63) is 36.0 Å². The molecule has 0 spiro atoms. The number of fused-ring (bicyclic) bond motifs is 3. The van der Waals surface area contributed by atoms with Crippen molar-refractivity contribution < 1.29 is 14.3 Å². The average molecular weight is 228 g/mol. The zero-order chi connectivity index (χ0) is 12.0. The summed E-state index contributed by atoms with van der Waals surface area (Å²) in [4.78, 5) is 15.0. The van der Waals surface area contributed by atoms with Crippen LogP contribution in [0.5, 0.6) is 0 Å². The molecule has 0 aliphatic rings. The molecular formula is C12H8N2O3. The maximum atomic E-state index is 10.9. The Hall–Kier alpha value is -2.56. The number of nitrogen functional groups attached to an aromatic ring is 1. The van der Waals surface area contributed by atoms with E-state index in [1.807, 2.05) is 6.07 Å². The Labute approximate surface area is 95.5 Å². The average Bonchev–Trinajstić information content (AvgIpc) is 2.65.